The van der Waals surface area contributed by atoms with Crippen LogP contribution in [0.25, 0.3) is 0 Å². The summed E-state index contributed by atoms with van der Waals surface area (Å²) in [5.41, 5.74) is 4.50. The number of phenolic OH excluding ortho intramolecular Hbond substituents is 1. The predicted molar refractivity (Wildman–Crippen MR) is 103 cm³/mol. The van der Waals surface area contributed by atoms with Crippen molar-refractivity contribution in [2.75, 3.05) is 14.1 Å². The predicted octanol–water partition coefficient (Wildman–Crippen LogP) is -0.381. The number of ketones is 2. The lowest BCUT2D eigenvalue weighted by Gasteiger charge is -2.42. The third kappa shape index (κ3) is 2.49. The van der Waals surface area contributed by atoms with E-state index in [1.165, 1.54) is 11.0 Å². The molecule has 0 aliphatic heterocycles. The molecule has 0 aromatic heterocycles. The smallest absolute Gasteiger partial charge is 0.256 e. The number of amides is 1. The number of hydrogen-bond acceptors (Lipinski definition) is 8. The number of aromatic hydroxyl groups is 1. The first-order valence-corrected chi connectivity index (χ1v) is 9.18. The average Bonchev–Trinajstić information content (AvgIpc) is 2.59. The van der Waals surface area contributed by atoms with Gasteiger partial charge in [0.1, 0.15) is 17.1 Å². The van der Waals surface area contributed by atoms with Gasteiger partial charge in [0.25, 0.3) is 5.91 Å². The summed E-state index contributed by atoms with van der Waals surface area (Å²) in [6.07, 6.45) is 0.144. The molecule has 0 saturated heterocycles. The van der Waals surface area contributed by atoms with Gasteiger partial charge in [0.2, 0.25) is 11.6 Å². The highest BCUT2D eigenvalue weighted by Crippen LogP contribution is 2.48. The second-order valence-corrected chi connectivity index (χ2v) is 7.86. The van der Waals surface area contributed by atoms with E-state index in [1.54, 1.807) is 26.2 Å². The first-order valence-electron chi connectivity index (χ1n) is 9.18. The lowest BCUT2D eigenvalue weighted by molar-refractivity contribution is -0.129. The summed E-state index contributed by atoms with van der Waals surface area (Å²) in [5.74, 6) is -7.07. The molecule has 0 fully saturated rings. The van der Waals surface area contributed by atoms with Gasteiger partial charge >= 0.3 is 0 Å². The number of Topliss-reactive ketones (excluding diaryl/α,β-unsaturated/α-hetero) is 2. The molecular weight excluding hydrogens is 392 g/mol. The zero-order valence-corrected chi connectivity index (χ0v) is 16.3. The number of aliphatic hydroxyl groups excluding tert-OH is 1. The number of rotatable bonds is 2. The van der Waals surface area contributed by atoms with Crippen molar-refractivity contribution >= 4 is 17.5 Å². The summed E-state index contributed by atoms with van der Waals surface area (Å²) in [4.78, 5) is 39.5. The summed E-state index contributed by atoms with van der Waals surface area (Å²) in [7, 11) is 3.17. The van der Waals surface area contributed by atoms with Gasteiger partial charge in [0.15, 0.2) is 5.78 Å². The molecule has 1 unspecified atom stereocenters. The molecule has 3 aliphatic carbocycles. The number of carbonyl (C=O) groups is 3. The van der Waals surface area contributed by atoms with Crippen LogP contribution in [-0.2, 0) is 16.0 Å². The molecule has 1 atom stereocenters. The fraction of sp³-hybridized carbons (Fsp3) is 0.286. The molecule has 1 amide bonds. The Morgan fingerprint density at radius 2 is 1.77 bits per heavy atom. The third-order valence-corrected chi connectivity index (χ3v) is 5.82. The summed E-state index contributed by atoms with van der Waals surface area (Å²) in [6.45, 7) is 0. The van der Waals surface area contributed by atoms with E-state index in [0.29, 0.717) is 11.1 Å². The maximum Gasteiger partial charge on any atom is 0.256 e. The monoisotopic (exact) mass is 412 g/mol. The van der Waals surface area contributed by atoms with Crippen LogP contribution in [0, 0.1) is 0 Å². The lowest BCUT2D eigenvalue weighted by Crippen LogP contribution is -2.51. The molecule has 0 saturated carbocycles. The van der Waals surface area contributed by atoms with Crippen molar-refractivity contribution in [2.24, 2.45) is 5.73 Å². The summed E-state index contributed by atoms with van der Waals surface area (Å²) in [6, 6.07) is 3.53. The minimum absolute atomic E-state index is 0.000931. The van der Waals surface area contributed by atoms with Gasteiger partial charge in [-0.05, 0) is 49.7 Å². The molecule has 3 aliphatic rings. The van der Waals surface area contributed by atoms with E-state index in [0.717, 1.165) is 0 Å². The number of nitrogens with two attached hydrogens (primary N) is 1. The Balaban J connectivity index is 1.94. The topological polar surface area (TPSA) is 161 Å². The van der Waals surface area contributed by atoms with Gasteiger partial charge in [-0.15, -0.1) is 0 Å². The summed E-state index contributed by atoms with van der Waals surface area (Å²) in [5, 5.41) is 42.8. The second-order valence-electron chi connectivity index (χ2n) is 7.86. The van der Waals surface area contributed by atoms with E-state index >= 15 is 0 Å². The van der Waals surface area contributed by atoms with Crippen LogP contribution in [0.2, 0.25) is 0 Å². The SMILES string of the molecule is CN(C)C1C(O)=C(C(N)=O)C(=O)C2=C1CC1=C(C(=O)c3c(O)cccc3C1)C2(O)O. The number of carbonyl (C=O) groups excluding carboxylic acids is 3. The largest absolute Gasteiger partial charge is 0.509 e. The van der Waals surface area contributed by atoms with E-state index in [2.05, 4.69) is 0 Å². The normalized spacial score (nSPS) is 22.9. The molecular formula is C21H20N2O7. The zero-order chi connectivity index (χ0) is 22.1. The standard InChI is InChI=1S/C21H20N2O7/c1-23(2)16-10-7-9-6-8-4-3-5-11(24)12(8)17(25)14(9)21(29,30)15(10)18(26)13(19(16)27)20(22)28/h3-5,16,24,27,29-30H,6-7H2,1-2H3,(H2,22,28). The molecule has 156 valence electrons. The van der Waals surface area contributed by atoms with Gasteiger partial charge in [-0.25, -0.2) is 0 Å². The van der Waals surface area contributed by atoms with Gasteiger partial charge in [-0.2, -0.15) is 0 Å². The molecule has 30 heavy (non-hydrogen) atoms. The molecule has 4 rings (SSSR count). The molecule has 1 aromatic rings. The van der Waals surface area contributed by atoms with Crippen LogP contribution in [0.5, 0.6) is 5.75 Å². The van der Waals surface area contributed by atoms with Crippen molar-refractivity contribution in [3.05, 3.63) is 63.0 Å². The molecule has 0 bridgehead atoms. The van der Waals surface area contributed by atoms with Crippen LogP contribution in [0.1, 0.15) is 22.3 Å². The van der Waals surface area contributed by atoms with Crippen LogP contribution in [0.15, 0.2) is 51.8 Å². The van der Waals surface area contributed by atoms with Crippen molar-refractivity contribution in [1.82, 2.24) is 4.90 Å². The first-order chi connectivity index (χ1) is 14.0. The Kier molecular flexibility index (Phi) is 4.25. The second kappa shape index (κ2) is 6.36. The molecule has 6 N–H and O–H groups in total. The molecule has 0 radical (unpaired) electrons. The number of benzene rings is 1. The minimum atomic E-state index is -3.02. The Morgan fingerprint density at radius 1 is 1.10 bits per heavy atom. The van der Waals surface area contributed by atoms with E-state index in [-0.39, 0.29) is 29.7 Å². The van der Waals surface area contributed by atoms with Crippen LogP contribution in [0.4, 0.5) is 0 Å². The first kappa shape index (κ1) is 20.0. The average molecular weight is 412 g/mol. The number of aliphatic hydroxyl groups is 3. The van der Waals surface area contributed by atoms with Crippen molar-refractivity contribution in [2.45, 2.75) is 24.7 Å². The number of phenols is 1. The van der Waals surface area contributed by atoms with Crippen molar-refractivity contribution in [3.8, 4) is 5.75 Å². The highest BCUT2D eigenvalue weighted by molar-refractivity contribution is 6.28. The van der Waals surface area contributed by atoms with E-state index < -0.39 is 51.8 Å². The van der Waals surface area contributed by atoms with E-state index in [1.807, 2.05) is 0 Å². The summed E-state index contributed by atoms with van der Waals surface area (Å²) >= 11 is 0. The van der Waals surface area contributed by atoms with Gasteiger partial charge < -0.3 is 26.2 Å². The molecule has 9 nitrogen and oxygen atoms in total. The fourth-order valence-electron chi connectivity index (χ4n) is 4.70. The number of hydrogen-bond donors (Lipinski definition) is 5. The zero-order valence-electron chi connectivity index (χ0n) is 16.3. The molecule has 0 heterocycles. The Morgan fingerprint density at radius 3 is 2.37 bits per heavy atom. The number of fused-ring (bicyclic) bond motifs is 1. The third-order valence-electron chi connectivity index (χ3n) is 5.82. The highest BCUT2D eigenvalue weighted by Gasteiger charge is 2.54. The number of nitrogens with zero attached hydrogens (tertiary/aromatic N) is 1. The highest BCUT2D eigenvalue weighted by atomic mass is 16.5. The Labute approximate surface area is 171 Å². The minimum Gasteiger partial charge on any atom is -0.509 e. The Bertz CT molecular complexity index is 1140. The van der Waals surface area contributed by atoms with E-state index in [9.17, 15) is 34.8 Å². The quantitative estimate of drug-likeness (QED) is 0.324. The van der Waals surface area contributed by atoms with Gasteiger partial charge in [-0.3, -0.25) is 19.3 Å². The van der Waals surface area contributed by atoms with Crippen molar-refractivity contribution in [1.29, 1.82) is 0 Å². The van der Waals surface area contributed by atoms with Crippen molar-refractivity contribution in [3.63, 3.8) is 0 Å². The number of likely N-dealkylation sites (N-methyl/N-ethyl adjacent to an activating group) is 1. The Hall–Kier alpha value is -3.27. The van der Waals surface area contributed by atoms with Crippen LogP contribution in [0.3, 0.4) is 0 Å². The van der Waals surface area contributed by atoms with Crippen LogP contribution in [-0.4, -0.2) is 68.7 Å². The summed E-state index contributed by atoms with van der Waals surface area (Å²) < 4.78 is 0. The van der Waals surface area contributed by atoms with Crippen LogP contribution >= 0.6 is 0 Å². The van der Waals surface area contributed by atoms with Gasteiger partial charge in [0, 0.05) is 0 Å². The van der Waals surface area contributed by atoms with Crippen molar-refractivity contribution < 1.29 is 34.8 Å². The van der Waals surface area contributed by atoms with E-state index in [4.69, 9.17) is 5.73 Å². The number of primary amides is 1. The number of allylic oxidation sites excluding steroid dienone is 1. The maximum absolute atomic E-state index is 13.1. The maximum atomic E-state index is 13.1. The van der Waals surface area contributed by atoms with Crippen LogP contribution < -0.4 is 5.73 Å². The molecule has 0 spiro atoms. The van der Waals surface area contributed by atoms with Gasteiger partial charge in [-0.1, -0.05) is 12.1 Å². The molecule has 9 heteroatoms. The fourth-order valence-corrected chi connectivity index (χ4v) is 4.70. The van der Waals surface area contributed by atoms with Gasteiger partial charge in [0.05, 0.1) is 22.8 Å². The lowest BCUT2D eigenvalue weighted by atomic mass is 9.67. The molecule has 1 aromatic carbocycles.